The van der Waals surface area contributed by atoms with Gasteiger partial charge in [0.2, 0.25) is 0 Å². The average molecular weight is 713 g/mol. The van der Waals surface area contributed by atoms with Gasteiger partial charge in [-0.3, -0.25) is 0 Å². The molecule has 0 saturated heterocycles. The summed E-state index contributed by atoms with van der Waals surface area (Å²) >= 11 is 1.91. The van der Waals surface area contributed by atoms with E-state index in [4.69, 9.17) is 0 Å². The first-order valence-corrected chi connectivity index (χ1v) is 19.8. The van der Waals surface area contributed by atoms with E-state index in [1.807, 2.05) is 11.3 Å². The minimum Gasteiger partial charge on any atom is -0.135 e. The van der Waals surface area contributed by atoms with Crippen LogP contribution in [0.2, 0.25) is 0 Å². The van der Waals surface area contributed by atoms with Crippen LogP contribution >= 0.6 is 11.3 Å². The monoisotopic (exact) mass is 712 g/mol. The number of rotatable bonds is 4. The summed E-state index contributed by atoms with van der Waals surface area (Å²) in [5.41, 5.74) is 15.4. The van der Waals surface area contributed by atoms with Crippen LogP contribution in [0.1, 0.15) is 0 Å². The molecule has 0 saturated carbocycles. The minimum atomic E-state index is 1.24. The zero-order valence-electron chi connectivity index (χ0n) is 29.9. The Balaban J connectivity index is 1.19. The lowest BCUT2D eigenvalue weighted by Crippen LogP contribution is -1.93. The molecule has 0 fully saturated rings. The van der Waals surface area contributed by atoms with Gasteiger partial charge in [-0.25, -0.2) is 0 Å². The third kappa shape index (κ3) is 4.51. The quantitative estimate of drug-likeness (QED) is 0.170. The molecular formula is C54H32S. The highest BCUT2D eigenvalue weighted by atomic mass is 32.1. The molecule has 0 nitrogen and oxygen atoms in total. The summed E-state index contributed by atoms with van der Waals surface area (Å²) in [4.78, 5) is 0. The molecule has 0 unspecified atom stereocenters. The molecule has 0 spiro atoms. The molecule has 1 aliphatic rings. The van der Waals surface area contributed by atoms with Crippen molar-refractivity contribution >= 4 is 63.8 Å². The molecular weight excluding hydrogens is 681 g/mol. The molecule has 12 rings (SSSR count). The Morgan fingerprint density at radius 2 is 0.855 bits per heavy atom. The van der Waals surface area contributed by atoms with Crippen LogP contribution in [0.5, 0.6) is 0 Å². The number of hydrogen-bond donors (Lipinski definition) is 0. The van der Waals surface area contributed by atoms with Crippen molar-refractivity contribution in [1.29, 1.82) is 0 Å². The van der Waals surface area contributed by atoms with Crippen molar-refractivity contribution in [2.45, 2.75) is 0 Å². The Morgan fingerprint density at radius 3 is 1.58 bits per heavy atom. The molecule has 1 heterocycles. The predicted molar refractivity (Wildman–Crippen MR) is 238 cm³/mol. The summed E-state index contributed by atoms with van der Waals surface area (Å²) in [5.74, 6) is 0. The van der Waals surface area contributed by atoms with Gasteiger partial charge in [-0.2, -0.15) is 0 Å². The summed E-state index contributed by atoms with van der Waals surface area (Å²) in [6.45, 7) is 0. The van der Waals surface area contributed by atoms with E-state index in [0.717, 1.165) is 0 Å². The number of thiophene rings is 1. The third-order valence-corrected chi connectivity index (χ3v) is 13.0. The number of fused-ring (bicyclic) bond motifs is 8. The van der Waals surface area contributed by atoms with E-state index in [1.165, 1.54) is 119 Å². The molecule has 1 heteroatoms. The van der Waals surface area contributed by atoms with E-state index in [2.05, 4.69) is 194 Å². The molecule has 1 aliphatic carbocycles. The van der Waals surface area contributed by atoms with Crippen molar-refractivity contribution in [3.05, 3.63) is 194 Å². The highest BCUT2D eigenvalue weighted by Gasteiger charge is 2.31. The van der Waals surface area contributed by atoms with Gasteiger partial charge in [0, 0.05) is 25.7 Å². The zero-order valence-corrected chi connectivity index (χ0v) is 30.7. The maximum Gasteiger partial charge on any atom is 0.0434 e. The largest absolute Gasteiger partial charge is 0.135 e. The third-order valence-electron chi connectivity index (χ3n) is 11.8. The van der Waals surface area contributed by atoms with Crippen LogP contribution in [0.4, 0.5) is 0 Å². The molecule has 254 valence electrons. The van der Waals surface area contributed by atoms with Crippen molar-refractivity contribution in [2.24, 2.45) is 0 Å². The predicted octanol–water partition coefficient (Wildman–Crippen LogP) is 15.8. The van der Waals surface area contributed by atoms with Gasteiger partial charge < -0.3 is 0 Å². The van der Waals surface area contributed by atoms with Crippen molar-refractivity contribution in [1.82, 2.24) is 0 Å². The molecule has 0 bridgehead atoms. The summed E-state index contributed by atoms with van der Waals surface area (Å²) < 4.78 is 2.65. The smallest absolute Gasteiger partial charge is 0.0434 e. The topological polar surface area (TPSA) is 0 Å². The van der Waals surface area contributed by atoms with E-state index in [-0.39, 0.29) is 0 Å². The maximum absolute atomic E-state index is 2.45. The van der Waals surface area contributed by atoms with Crippen LogP contribution in [0.3, 0.4) is 0 Å². The number of benzene rings is 10. The fraction of sp³-hybridized carbons (Fsp3) is 0. The maximum atomic E-state index is 2.45. The Labute approximate surface area is 323 Å². The lowest BCUT2D eigenvalue weighted by atomic mass is 9.82. The van der Waals surface area contributed by atoms with Crippen LogP contribution in [0.25, 0.3) is 119 Å². The van der Waals surface area contributed by atoms with Crippen LogP contribution in [-0.2, 0) is 0 Å². The van der Waals surface area contributed by atoms with Crippen molar-refractivity contribution in [2.75, 3.05) is 0 Å². The van der Waals surface area contributed by atoms with Crippen molar-refractivity contribution < 1.29 is 0 Å². The molecule has 11 aromatic rings. The summed E-state index contributed by atoms with van der Waals surface area (Å²) in [7, 11) is 0. The fourth-order valence-electron chi connectivity index (χ4n) is 9.41. The highest BCUT2D eigenvalue weighted by Crippen LogP contribution is 2.59. The second kappa shape index (κ2) is 11.9. The molecule has 0 amide bonds. The van der Waals surface area contributed by atoms with E-state index in [0.29, 0.717) is 0 Å². The van der Waals surface area contributed by atoms with Gasteiger partial charge in [0.25, 0.3) is 0 Å². The normalized spacial score (nSPS) is 12.0. The van der Waals surface area contributed by atoms with Crippen molar-refractivity contribution in [3.63, 3.8) is 0 Å². The van der Waals surface area contributed by atoms with Gasteiger partial charge in [0.15, 0.2) is 0 Å². The SMILES string of the molecule is c1ccc(-c2c3c(c(-c4ccccc4)c4ccccc24)-c2ccc(-c4cc(-c5ccc6ccccc6c5)cc5c4sc4ccccc45)c4cccc-3c24)cc1. The Kier molecular flexibility index (Phi) is 6.60. The molecule has 0 radical (unpaired) electrons. The van der Waals surface area contributed by atoms with Crippen LogP contribution in [0.15, 0.2) is 194 Å². The highest BCUT2D eigenvalue weighted by molar-refractivity contribution is 7.26. The summed E-state index contributed by atoms with van der Waals surface area (Å²) in [6, 6.07) is 72.1. The van der Waals surface area contributed by atoms with E-state index >= 15 is 0 Å². The van der Waals surface area contributed by atoms with Crippen LogP contribution in [0, 0.1) is 0 Å². The first-order valence-electron chi connectivity index (χ1n) is 19.0. The average Bonchev–Trinajstić information content (AvgIpc) is 3.80. The van der Waals surface area contributed by atoms with Gasteiger partial charge in [-0.05, 0) is 118 Å². The molecule has 0 atom stereocenters. The van der Waals surface area contributed by atoms with Crippen LogP contribution < -0.4 is 0 Å². The lowest BCUT2D eigenvalue weighted by Gasteiger charge is -2.20. The minimum absolute atomic E-state index is 1.24. The van der Waals surface area contributed by atoms with Gasteiger partial charge in [0.05, 0.1) is 0 Å². The first-order chi connectivity index (χ1) is 27.3. The van der Waals surface area contributed by atoms with Gasteiger partial charge in [-0.15, -0.1) is 11.3 Å². The second-order valence-electron chi connectivity index (χ2n) is 14.7. The van der Waals surface area contributed by atoms with E-state index in [9.17, 15) is 0 Å². The van der Waals surface area contributed by atoms with Gasteiger partial charge >= 0.3 is 0 Å². The Bertz CT molecular complexity index is 3260. The standard InChI is InChI=1S/C54H32S/c1-3-15-34(16-4-1)49-42-21-9-10-22-43(42)50(35-17-5-2-6-18-35)53-45-29-28-39(41-23-13-24-44(51(41)45)52(49)53)46-31-38(37-27-26-33-14-7-8-19-36(33)30-37)32-47-40-20-11-12-25-48(40)55-54(46)47/h1-32H. The summed E-state index contributed by atoms with van der Waals surface area (Å²) in [5, 5.41) is 10.4. The molecule has 1 aromatic heterocycles. The first kappa shape index (κ1) is 30.6. The molecule has 0 N–H and O–H groups in total. The van der Waals surface area contributed by atoms with Gasteiger partial charge in [0.1, 0.15) is 0 Å². The van der Waals surface area contributed by atoms with E-state index < -0.39 is 0 Å². The summed E-state index contributed by atoms with van der Waals surface area (Å²) in [6.07, 6.45) is 0. The number of hydrogen-bond acceptors (Lipinski definition) is 1. The fourth-order valence-corrected chi connectivity index (χ4v) is 10.6. The van der Waals surface area contributed by atoms with E-state index in [1.54, 1.807) is 0 Å². The van der Waals surface area contributed by atoms with Crippen LogP contribution in [-0.4, -0.2) is 0 Å². The molecule has 10 aromatic carbocycles. The lowest BCUT2D eigenvalue weighted by molar-refractivity contribution is 1.62. The van der Waals surface area contributed by atoms with Crippen molar-refractivity contribution in [3.8, 4) is 66.8 Å². The molecule has 55 heavy (non-hydrogen) atoms. The van der Waals surface area contributed by atoms with Gasteiger partial charge in [-0.1, -0.05) is 170 Å². The molecule has 0 aliphatic heterocycles. The second-order valence-corrected chi connectivity index (χ2v) is 15.8. The Morgan fingerprint density at radius 1 is 0.273 bits per heavy atom. The zero-order chi connectivity index (χ0) is 36.0. The Hall–Kier alpha value is -6.80.